The van der Waals surface area contributed by atoms with Crippen LogP contribution in [0, 0.1) is 0 Å². The summed E-state index contributed by atoms with van der Waals surface area (Å²) in [6.45, 7) is 2.18. The number of rotatable bonds is 6. The molecule has 2 heteroatoms. The van der Waals surface area contributed by atoms with E-state index < -0.39 is 0 Å². The van der Waals surface area contributed by atoms with Crippen molar-refractivity contribution >= 4 is 11.6 Å². The van der Waals surface area contributed by atoms with Crippen molar-refractivity contribution < 1.29 is 4.74 Å². The Balaban J connectivity index is 1.98. The van der Waals surface area contributed by atoms with Crippen molar-refractivity contribution in [1.82, 2.24) is 0 Å². The smallest absolute Gasteiger partial charge is 0.127 e. The van der Waals surface area contributed by atoms with E-state index in [-0.39, 0.29) is 5.38 Å². The van der Waals surface area contributed by atoms with Gasteiger partial charge in [-0.05, 0) is 36.2 Å². The Bertz CT molecular complexity index is 478. The molecule has 0 aliphatic heterocycles. The van der Waals surface area contributed by atoms with Gasteiger partial charge >= 0.3 is 0 Å². The van der Waals surface area contributed by atoms with Crippen LogP contribution >= 0.6 is 11.6 Å². The van der Waals surface area contributed by atoms with Crippen molar-refractivity contribution in [2.45, 2.75) is 31.6 Å². The second-order valence-electron chi connectivity index (χ2n) is 4.59. The average molecular weight is 275 g/mol. The minimum atomic E-state index is 0.103. The summed E-state index contributed by atoms with van der Waals surface area (Å²) in [4.78, 5) is 0. The Labute approximate surface area is 120 Å². The van der Waals surface area contributed by atoms with E-state index in [4.69, 9.17) is 16.3 Å². The summed E-state index contributed by atoms with van der Waals surface area (Å²) >= 11 is 6.36. The molecule has 0 saturated carbocycles. The Morgan fingerprint density at radius 2 is 1.58 bits per heavy atom. The van der Waals surface area contributed by atoms with Gasteiger partial charge in [0.15, 0.2) is 0 Å². The van der Waals surface area contributed by atoms with Crippen LogP contribution in [0.5, 0.6) is 11.5 Å². The molecule has 100 valence electrons. The largest absolute Gasteiger partial charge is 0.457 e. The van der Waals surface area contributed by atoms with Gasteiger partial charge < -0.3 is 4.74 Å². The number of benzene rings is 2. The minimum Gasteiger partial charge on any atom is -0.457 e. The van der Waals surface area contributed by atoms with Crippen molar-refractivity contribution in [3.8, 4) is 11.5 Å². The number of para-hydroxylation sites is 1. The van der Waals surface area contributed by atoms with E-state index >= 15 is 0 Å². The lowest BCUT2D eigenvalue weighted by molar-refractivity contribution is 0.482. The summed E-state index contributed by atoms with van der Waals surface area (Å²) < 4.78 is 5.75. The third-order valence-corrected chi connectivity index (χ3v) is 3.50. The van der Waals surface area contributed by atoms with E-state index in [2.05, 4.69) is 6.92 Å². The van der Waals surface area contributed by atoms with Crippen molar-refractivity contribution in [2.75, 3.05) is 0 Å². The molecular weight excluding hydrogens is 256 g/mol. The fourth-order valence-corrected chi connectivity index (χ4v) is 2.22. The van der Waals surface area contributed by atoms with E-state index in [1.165, 1.54) is 6.42 Å². The second kappa shape index (κ2) is 7.20. The fraction of sp³-hybridized carbons (Fsp3) is 0.294. The van der Waals surface area contributed by atoms with Gasteiger partial charge in [0.05, 0.1) is 5.38 Å². The highest BCUT2D eigenvalue weighted by atomic mass is 35.5. The number of hydrogen-bond donors (Lipinski definition) is 0. The maximum absolute atomic E-state index is 6.36. The topological polar surface area (TPSA) is 9.23 Å². The molecule has 2 rings (SSSR count). The molecule has 0 aromatic heterocycles. The van der Waals surface area contributed by atoms with Gasteiger partial charge in [0.25, 0.3) is 0 Å². The molecule has 0 N–H and O–H groups in total. The van der Waals surface area contributed by atoms with E-state index in [1.807, 2.05) is 54.6 Å². The standard InChI is InChI=1S/C17H19ClO/c1-2-3-9-17(18)14-10-12-16(13-11-14)19-15-7-5-4-6-8-15/h4-8,10-13,17H,2-3,9H2,1H3. The van der Waals surface area contributed by atoms with E-state index in [9.17, 15) is 0 Å². The van der Waals surface area contributed by atoms with Gasteiger partial charge in [-0.2, -0.15) is 0 Å². The van der Waals surface area contributed by atoms with Crippen LogP contribution in [0.1, 0.15) is 37.1 Å². The Hall–Kier alpha value is -1.47. The molecule has 0 aliphatic carbocycles. The third kappa shape index (κ3) is 4.29. The van der Waals surface area contributed by atoms with Crippen LogP contribution < -0.4 is 4.74 Å². The van der Waals surface area contributed by atoms with Gasteiger partial charge in [0.2, 0.25) is 0 Å². The van der Waals surface area contributed by atoms with Crippen molar-refractivity contribution in [2.24, 2.45) is 0 Å². The molecule has 0 fully saturated rings. The maximum Gasteiger partial charge on any atom is 0.127 e. The molecule has 1 nitrogen and oxygen atoms in total. The number of alkyl halides is 1. The van der Waals surface area contributed by atoms with E-state index in [0.29, 0.717) is 0 Å². The molecule has 19 heavy (non-hydrogen) atoms. The van der Waals surface area contributed by atoms with Crippen LogP contribution in [-0.2, 0) is 0 Å². The van der Waals surface area contributed by atoms with E-state index in [0.717, 1.165) is 29.9 Å². The molecule has 0 radical (unpaired) electrons. The molecule has 1 atom stereocenters. The summed E-state index contributed by atoms with van der Waals surface area (Å²) in [5.41, 5.74) is 1.16. The summed E-state index contributed by atoms with van der Waals surface area (Å²) in [5, 5.41) is 0.103. The highest BCUT2D eigenvalue weighted by Gasteiger charge is 2.07. The average Bonchev–Trinajstić information content (AvgIpc) is 2.46. The van der Waals surface area contributed by atoms with Gasteiger partial charge in [-0.3, -0.25) is 0 Å². The Kier molecular flexibility index (Phi) is 5.29. The molecule has 0 bridgehead atoms. The van der Waals surface area contributed by atoms with Crippen LogP contribution in [0.15, 0.2) is 54.6 Å². The normalized spacial score (nSPS) is 12.1. The Morgan fingerprint density at radius 3 is 2.21 bits per heavy atom. The Morgan fingerprint density at radius 1 is 0.947 bits per heavy atom. The van der Waals surface area contributed by atoms with Crippen molar-refractivity contribution in [3.05, 3.63) is 60.2 Å². The molecular formula is C17H19ClO. The molecule has 1 unspecified atom stereocenters. The van der Waals surface area contributed by atoms with Crippen molar-refractivity contribution in [3.63, 3.8) is 0 Å². The zero-order valence-electron chi connectivity index (χ0n) is 11.2. The first-order valence-corrected chi connectivity index (χ1v) is 7.20. The summed E-state index contributed by atoms with van der Waals surface area (Å²) in [6, 6.07) is 17.8. The molecule has 0 heterocycles. The SMILES string of the molecule is CCCCC(Cl)c1ccc(Oc2ccccc2)cc1. The van der Waals surface area contributed by atoms with Gasteiger partial charge in [-0.25, -0.2) is 0 Å². The van der Waals surface area contributed by atoms with Gasteiger partial charge in [0.1, 0.15) is 11.5 Å². The van der Waals surface area contributed by atoms with Crippen molar-refractivity contribution in [1.29, 1.82) is 0 Å². The number of unbranched alkanes of at least 4 members (excludes halogenated alkanes) is 1. The lowest BCUT2D eigenvalue weighted by Crippen LogP contribution is -1.91. The fourth-order valence-electron chi connectivity index (χ4n) is 1.92. The second-order valence-corrected chi connectivity index (χ2v) is 5.12. The lowest BCUT2D eigenvalue weighted by atomic mass is 10.1. The highest BCUT2D eigenvalue weighted by Crippen LogP contribution is 2.29. The van der Waals surface area contributed by atoms with Crippen LogP contribution in [0.25, 0.3) is 0 Å². The predicted molar refractivity (Wildman–Crippen MR) is 81.1 cm³/mol. The number of ether oxygens (including phenoxy) is 1. The van der Waals surface area contributed by atoms with Crippen LogP contribution in [0.3, 0.4) is 0 Å². The van der Waals surface area contributed by atoms with Crippen LogP contribution in [0.2, 0.25) is 0 Å². The molecule has 2 aromatic rings. The first kappa shape index (κ1) is 14.0. The molecule has 0 spiro atoms. The summed E-state index contributed by atoms with van der Waals surface area (Å²) in [7, 11) is 0. The number of halogens is 1. The van der Waals surface area contributed by atoms with Crippen LogP contribution in [0.4, 0.5) is 0 Å². The van der Waals surface area contributed by atoms with E-state index in [1.54, 1.807) is 0 Å². The third-order valence-electron chi connectivity index (χ3n) is 3.03. The zero-order chi connectivity index (χ0) is 13.5. The molecule has 2 aromatic carbocycles. The quantitative estimate of drug-likeness (QED) is 0.592. The first-order chi connectivity index (χ1) is 9.29. The van der Waals surface area contributed by atoms with Gasteiger partial charge in [-0.15, -0.1) is 11.6 Å². The summed E-state index contributed by atoms with van der Waals surface area (Å²) in [5.74, 6) is 1.69. The highest BCUT2D eigenvalue weighted by molar-refractivity contribution is 6.20. The molecule has 0 saturated heterocycles. The van der Waals surface area contributed by atoms with Gasteiger partial charge in [0, 0.05) is 0 Å². The first-order valence-electron chi connectivity index (χ1n) is 6.76. The maximum atomic E-state index is 6.36. The monoisotopic (exact) mass is 274 g/mol. The van der Waals surface area contributed by atoms with Gasteiger partial charge in [-0.1, -0.05) is 50.1 Å². The van der Waals surface area contributed by atoms with Crippen LogP contribution in [-0.4, -0.2) is 0 Å². The number of hydrogen-bond acceptors (Lipinski definition) is 1. The summed E-state index contributed by atoms with van der Waals surface area (Å²) in [6.07, 6.45) is 3.37. The zero-order valence-corrected chi connectivity index (χ0v) is 11.9. The molecule has 0 aliphatic rings. The predicted octanol–water partition coefficient (Wildman–Crippen LogP) is 5.95. The molecule has 0 amide bonds. The lowest BCUT2D eigenvalue weighted by Gasteiger charge is -2.10. The minimum absolute atomic E-state index is 0.103.